The fraction of sp³-hybridized carbons (Fsp3) is 0.556. The fourth-order valence-corrected chi connectivity index (χ4v) is 2.39. The molecule has 0 aromatic heterocycles. The van der Waals surface area contributed by atoms with Crippen LogP contribution in [0.15, 0.2) is 24.3 Å². The smallest absolute Gasteiger partial charge is 0.326 e. The number of carbonyl (C=O) groups is 2. The number of carbonyl (C=O) groups excluding carboxylic acids is 1. The molecular formula is C18H27NO5. The second-order valence-corrected chi connectivity index (χ2v) is 6.70. The molecule has 0 saturated carbocycles. The van der Waals surface area contributed by atoms with Gasteiger partial charge < -0.3 is 19.5 Å². The minimum Gasteiger partial charge on any atom is -0.480 e. The zero-order valence-corrected chi connectivity index (χ0v) is 15.2. The first-order valence-corrected chi connectivity index (χ1v) is 7.80. The van der Waals surface area contributed by atoms with E-state index in [1.165, 1.54) is 26.0 Å². The van der Waals surface area contributed by atoms with E-state index in [0.717, 1.165) is 11.1 Å². The highest BCUT2D eigenvalue weighted by molar-refractivity contribution is 5.86. The first-order chi connectivity index (χ1) is 11.1. The van der Waals surface area contributed by atoms with Crippen LogP contribution >= 0.6 is 0 Å². The second kappa shape index (κ2) is 8.26. The molecule has 1 rings (SSSR count). The Balaban J connectivity index is 3.25. The summed E-state index contributed by atoms with van der Waals surface area (Å²) in [5.74, 6) is -1.27. The molecule has 6 nitrogen and oxygen atoms in total. The normalized spacial score (nSPS) is 13.0. The van der Waals surface area contributed by atoms with Crippen molar-refractivity contribution in [3.63, 3.8) is 0 Å². The SMILES string of the molecule is COC(OC)c1ccccc1CN(C(=O)C(C)(C)C)[C@H](C)C(=O)O. The van der Waals surface area contributed by atoms with Gasteiger partial charge in [0.2, 0.25) is 5.91 Å². The lowest BCUT2D eigenvalue weighted by molar-refractivity contribution is -0.154. The Labute approximate surface area is 143 Å². The van der Waals surface area contributed by atoms with Gasteiger partial charge in [0.15, 0.2) is 6.29 Å². The molecule has 0 spiro atoms. The lowest BCUT2D eigenvalue weighted by atomic mass is 9.93. The van der Waals surface area contributed by atoms with E-state index < -0.39 is 23.7 Å². The number of benzene rings is 1. The minimum absolute atomic E-state index is 0.170. The van der Waals surface area contributed by atoms with Gasteiger partial charge in [0.05, 0.1) is 0 Å². The Hall–Kier alpha value is -1.92. The van der Waals surface area contributed by atoms with Gasteiger partial charge in [0.25, 0.3) is 0 Å². The molecule has 0 aliphatic heterocycles. The molecule has 24 heavy (non-hydrogen) atoms. The van der Waals surface area contributed by atoms with Crippen molar-refractivity contribution < 1.29 is 24.2 Å². The summed E-state index contributed by atoms with van der Waals surface area (Å²) in [6.07, 6.45) is -0.576. The van der Waals surface area contributed by atoms with E-state index in [0.29, 0.717) is 0 Å². The summed E-state index contributed by atoms with van der Waals surface area (Å²) in [5, 5.41) is 9.37. The van der Waals surface area contributed by atoms with Gasteiger partial charge in [-0.15, -0.1) is 0 Å². The maximum atomic E-state index is 12.7. The third-order valence-electron chi connectivity index (χ3n) is 3.81. The fourth-order valence-electron chi connectivity index (χ4n) is 2.39. The Morgan fingerprint density at radius 1 is 1.17 bits per heavy atom. The minimum atomic E-state index is -1.04. The van der Waals surface area contributed by atoms with Gasteiger partial charge in [0.1, 0.15) is 6.04 Å². The highest BCUT2D eigenvalue weighted by Crippen LogP contribution is 2.26. The van der Waals surface area contributed by atoms with Crippen LogP contribution in [-0.2, 0) is 25.6 Å². The van der Waals surface area contributed by atoms with Gasteiger partial charge >= 0.3 is 5.97 Å². The molecule has 1 N–H and O–H groups in total. The molecule has 0 fully saturated rings. The molecule has 0 bridgehead atoms. The number of methoxy groups -OCH3 is 2. The van der Waals surface area contributed by atoms with Gasteiger partial charge in [-0.05, 0) is 12.5 Å². The Bertz CT molecular complexity index is 575. The van der Waals surface area contributed by atoms with Crippen LogP contribution in [-0.4, -0.2) is 42.1 Å². The Kier molecular flexibility index (Phi) is 6.93. The standard InChI is InChI=1S/C18H27NO5/c1-12(15(20)21)19(17(22)18(2,3)4)11-13-9-7-8-10-14(13)16(23-5)24-6/h7-10,12,16H,11H2,1-6H3,(H,20,21)/t12-/m1/s1. The number of hydrogen-bond donors (Lipinski definition) is 1. The third kappa shape index (κ3) is 4.79. The number of carboxylic acid groups (broad SMARTS) is 1. The molecule has 0 aliphatic rings. The molecule has 0 saturated heterocycles. The van der Waals surface area contributed by atoms with E-state index in [-0.39, 0.29) is 12.5 Å². The van der Waals surface area contributed by atoms with Crippen LogP contribution < -0.4 is 0 Å². The maximum absolute atomic E-state index is 12.7. The zero-order chi connectivity index (χ0) is 18.5. The quantitative estimate of drug-likeness (QED) is 0.774. The van der Waals surface area contributed by atoms with Crippen LogP contribution in [0.4, 0.5) is 0 Å². The van der Waals surface area contributed by atoms with Crippen LogP contribution in [0.1, 0.15) is 45.1 Å². The number of carboxylic acids is 1. The van der Waals surface area contributed by atoms with Crippen LogP contribution in [0, 0.1) is 5.41 Å². The summed E-state index contributed by atoms with van der Waals surface area (Å²) in [5.41, 5.74) is 0.879. The van der Waals surface area contributed by atoms with Crippen LogP contribution in [0.25, 0.3) is 0 Å². The van der Waals surface area contributed by atoms with Crippen molar-refractivity contribution in [1.82, 2.24) is 4.90 Å². The zero-order valence-electron chi connectivity index (χ0n) is 15.2. The highest BCUT2D eigenvalue weighted by Gasteiger charge is 2.33. The van der Waals surface area contributed by atoms with Crippen molar-refractivity contribution in [2.45, 2.75) is 46.6 Å². The number of rotatable bonds is 7. The van der Waals surface area contributed by atoms with Crippen LogP contribution in [0.5, 0.6) is 0 Å². The second-order valence-electron chi connectivity index (χ2n) is 6.70. The van der Waals surface area contributed by atoms with E-state index in [1.54, 1.807) is 20.8 Å². The summed E-state index contributed by atoms with van der Waals surface area (Å²) in [7, 11) is 3.06. The molecular weight excluding hydrogens is 310 g/mol. The van der Waals surface area contributed by atoms with E-state index in [2.05, 4.69) is 0 Å². The summed E-state index contributed by atoms with van der Waals surface area (Å²) in [6, 6.07) is 6.44. The summed E-state index contributed by atoms with van der Waals surface area (Å²) in [4.78, 5) is 25.6. The van der Waals surface area contributed by atoms with E-state index >= 15 is 0 Å². The maximum Gasteiger partial charge on any atom is 0.326 e. The first kappa shape index (κ1) is 20.1. The molecule has 1 aromatic rings. The van der Waals surface area contributed by atoms with Crippen LogP contribution in [0.3, 0.4) is 0 Å². The Morgan fingerprint density at radius 2 is 1.71 bits per heavy atom. The molecule has 0 aliphatic carbocycles. The van der Waals surface area contributed by atoms with Crippen molar-refractivity contribution in [2.75, 3.05) is 14.2 Å². The van der Waals surface area contributed by atoms with Crippen molar-refractivity contribution >= 4 is 11.9 Å². The molecule has 1 amide bonds. The summed E-state index contributed by atoms with van der Waals surface area (Å²) < 4.78 is 10.6. The molecule has 6 heteroatoms. The van der Waals surface area contributed by atoms with Gasteiger partial charge in [0, 0.05) is 31.7 Å². The number of aliphatic carboxylic acids is 1. The van der Waals surface area contributed by atoms with Crippen molar-refractivity contribution in [3.8, 4) is 0 Å². The van der Waals surface area contributed by atoms with Crippen molar-refractivity contribution in [1.29, 1.82) is 0 Å². The molecule has 1 aromatic carbocycles. The van der Waals surface area contributed by atoms with Crippen molar-refractivity contribution in [3.05, 3.63) is 35.4 Å². The van der Waals surface area contributed by atoms with E-state index in [1.807, 2.05) is 24.3 Å². The lowest BCUT2D eigenvalue weighted by Crippen LogP contribution is -2.47. The molecule has 134 valence electrons. The average molecular weight is 337 g/mol. The molecule has 0 unspecified atom stereocenters. The predicted octanol–water partition coefficient (Wildman–Crippen LogP) is 2.83. The molecule has 1 atom stereocenters. The van der Waals surface area contributed by atoms with Crippen molar-refractivity contribution in [2.24, 2.45) is 5.41 Å². The average Bonchev–Trinajstić information content (AvgIpc) is 2.52. The molecule has 0 heterocycles. The van der Waals surface area contributed by atoms with E-state index in [9.17, 15) is 14.7 Å². The lowest BCUT2D eigenvalue weighted by Gasteiger charge is -2.33. The largest absolute Gasteiger partial charge is 0.480 e. The monoisotopic (exact) mass is 337 g/mol. The number of amides is 1. The highest BCUT2D eigenvalue weighted by atomic mass is 16.7. The van der Waals surface area contributed by atoms with Gasteiger partial charge in [-0.3, -0.25) is 4.79 Å². The summed E-state index contributed by atoms with van der Waals surface area (Å²) in [6.45, 7) is 7.00. The van der Waals surface area contributed by atoms with Gasteiger partial charge in [-0.2, -0.15) is 0 Å². The number of ether oxygens (including phenoxy) is 2. The first-order valence-electron chi connectivity index (χ1n) is 7.80. The predicted molar refractivity (Wildman–Crippen MR) is 90.3 cm³/mol. The van der Waals surface area contributed by atoms with Crippen LogP contribution in [0.2, 0.25) is 0 Å². The van der Waals surface area contributed by atoms with Gasteiger partial charge in [-0.25, -0.2) is 4.79 Å². The van der Waals surface area contributed by atoms with Gasteiger partial charge in [-0.1, -0.05) is 45.0 Å². The number of hydrogen-bond acceptors (Lipinski definition) is 4. The third-order valence-corrected chi connectivity index (χ3v) is 3.81. The number of nitrogens with zero attached hydrogens (tertiary/aromatic N) is 1. The Morgan fingerprint density at radius 3 is 2.17 bits per heavy atom. The van der Waals surface area contributed by atoms with E-state index in [4.69, 9.17) is 9.47 Å². The molecule has 0 radical (unpaired) electrons. The topological polar surface area (TPSA) is 76.1 Å². The summed E-state index contributed by atoms with van der Waals surface area (Å²) >= 11 is 0.